The van der Waals surface area contributed by atoms with Crippen LogP contribution in [0.1, 0.15) is 37.4 Å². The monoisotopic (exact) mass is 288 g/mol. The van der Waals surface area contributed by atoms with Gasteiger partial charge in [-0.1, -0.05) is 6.92 Å². The highest BCUT2D eigenvalue weighted by Crippen LogP contribution is 2.25. The maximum absolute atomic E-state index is 5.46. The smallest absolute Gasteiger partial charge is 0.137 e. The third-order valence-corrected chi connectivity index (χ3v) is 3.48. The Hall–Kier alpha value is -2.04. The molecular weight excluding hydrogens is 264 g/mol. The zero-order chi connectivity index (χ0) is 15.2. The van der Waals surface area contributed by atoms with Crippen LogP contribution in [0.3, 0.4) is 0 Å². The summed E-state index contributed by atoms with van der Waals surface area (Å²) in [5.74, 6) is 3.72. The summed E-state index contributed by atoms with van der Waals surface area (Å²) in [5.41, 5.74) is 1.07. The molecule has 2 rings (SSSR count). The summed E-state index contributed by atoms with van der Waals surface area (Å²) in [5, 5.41) is 3.17. The van der Waals surface area contributed by atoms with Crippen molar-refractivity contribution in [3.05, 3.63) is 35.5 Å². The lowest BCUT2D eigenvalue weighted by molar-refractivity contribution is 0.502. The lowest BCUT2D eigenvalue weighted by Crippen LogP contribution is -2.25. The number of furan rings is 1. The first-order valence-corrected chi connectivity index (χ1v) is 7.52. The highest BCUT2D eigenvalue weighted by atomic mass is 16.3. The minimum absolute atomic E-state index is 0.718. The van der Waals surface area contributed by atoms with Gasteiger partial charge in [-0.15, -0.1) is 0 Å². The van der Waals surface area contributed by atoms with Gasteiger partial charge in [0, 0.05) is 25.6 Å². The van der Waals surface area contributed by atoms with E-state index in [-0.39, 0.29) is 0 Å². The Bertz CT molecular complexity index is 566. The summed E-state index contributed by atoms with van der Waals surface area (Å²) >= 11 is 0. The molecule has 5 heteroatoms. The van der Waals surface area contributed by atoms with E-state index >= 15 is 0 Å². The second kappa shape index (κ2) is 7.11. The minimum atomic E-state index is 0.718. The quantitative estimate of drug-likeness (QED) is 0.846. The molecule has 0 fully saturated rings. The topological polar surface area (TPSA) is 54.2 Å². The second-order valence-electron chi connectivity index (χ2n) is 5.03. The van der Waals surface area contributed by atoms with Crippen LogP contribution in [0.2, 0.25) is 0 Å². The van der Waals surface area contributed by atoms with E-state index in [1.54, 1.807) is 6.26 Å². The minimum Gasteiger partial charge on any atom is -0.467 e. The van der Waals surface area contributed by atoms with E-state index in [1.807, 2.05) is 19.2 Å². The number of anilines is 2. The van der Waals surface area contributed by atoms with Crippen LogP contribution in [-0.4, -0.2) is 23.6 Å². The van der Waals surface area contributed by atoms with Crippen molar-refractivity contribution in [2.75, 3.05) is 23.8 Å². The van der Waals surface area contributed by atoms with Crippen molar-refractivity contribution in [2.45, 2.75) is 40.2 Å². The van der Waals surface area contributed by atoms with E-state index in [0.717, 1.165) is 54.7 Å². The van der Waals surface area contributed by atoms with Gasteiger partial charge >= 0.3 is 0 Å². The number of nitrogens with one attached hydrogen (secondary N) is 1. The summed E-state index contributed by atoms with van der Waals surface area (Å²) in [6, 6.07) is 3.91. The fourth-order valence-electron chi connectivity index (χ4n) is 2.36. The van der Waals surface area contributed by atoms with Crippen LogP contribution in [0, 0.1) is 6.92 Å². The molecule has 0 amide bonds. The van der Waals surface area contributed by atoms with Gasteiger partial charge in [0.15, 0.2) is 0 Å². The van der Waals surface area contributed by atoms with Crippen LogP contribution >= 0.6 is 0 Å². The number of aryl methyl sites for hydroxylation is 1. The van der Waals surface area contributed by atoms with Crippen LogP contribution in [0.25, 0.3) is 0 Å². The average molecular weight is 288 g/mol. The Morgan fingerprint density at radius 2 is 2.10 bits per heavy atom. The predicted octanol–water partition coefficient (Wildman–Crippen LogP) is 3.40. The van der Waals surface area contributed by atoms with E-state index in [2.05, 4.69) is 36.0 Å². The van der Waals surface area contributed by atoms with E-state index in [9.17, 15) is 0 Å². The molecule has 0 aromatic carbocycles. The van der Waals surface area contributed by atoms with Gasteiger partial charge in [0.25, 0.3) is 0 Å². The van der Waals surface area contributed by atoms with Crippen molar-refractivity contribution in [3.8, 4) is 0 Å². The molecule has 0 aliphatic rings. The van der Waals surface area contributed by atoms with E-state index in [1.165, 1.54) is 0 Å². The van der Waals surface area contributed by atoms with E-state index in [0.29, 0.717) is 0 Å². The van der Waals surface area contributed by atoms with Crippen molar-refractivity contribution in [1.29, 1.82) is 0 Å². The SMILES string of the molecule is CCCc1nc(NC)c(C)c(N(CC)Cc2ccco2)n1. The predicted molar refractivity (Wildman–Crippen MR) is 85.7 cm³/mol. The Morgan fingerprint density at radius 1 is 1.29 bits per heavy atom. The molecule has 0 bridgehead atoms. The normalized spacial score (nSPS) is 10.7. The third-order valence-electron chi connectivity index (χ3n) is 3.48. The average Bonchev–Trinajstić information content (AvgIpc) is 3.00. The van der Waals surface area contributed by atoms with Crippen LogP contribution in [0.4, 0.5) is 11.6 Å². The van der Waals surface area contributed by atoms with Crippen molar-refractivity contribution < 1.29 is 4.42 Å². The molecule has 5 nitrogen and oxygen atoms in total. The molecule has 0 aliphatic carbocycles. The Balaban J connectivity index is 2.36. The zero-order valence-corrected chi connectivity index (χ0v) is 13.3. The summed E-state index contributed by atoms with van der Waals surface area (Å²) < 4.78 is 5.46. The third kappa shape index (κ3) is 3.54. The molecule has 0 saturated carbocycles. The highest BCUT2D eigenvalue weighted by molar-refractivity contribution is 5.58. The zero-order valence-electron chi connectivity index (χ0n) is 13.3. The molecular formula is C16H24N4O. The van der Waals surface area contributed by atoms with Gasteiger partial charge in [-0.3, -0.25) is 0 Å². The van der Waals surface area contributed by atoms with Gasteiger partial charge in [-0.05, 0) is 32.4 Å². The number of hydrogen-bond acceptors (Lipinski definition) is 5. The highest BCUT2D eigenvalue weighted by Gasteiger charge is 2.16. The summed E-state index contributed by atoms with van der Waals surface area (Å²) in [6.07, 6.45) is 3.63. The van der Waals surface area contributed by atoms with Gasteiger partial charge in [0.1, 0.15) is 23.2 Å². The number of aromatic nitrogens is 2. The van der Waals surface area contributed by atoms with Crippen LogP contribution in [0.15, 0.2) is 22.8 Å². The lowest BCUT2D eigenvalue weighted by Gasteiger charge is -2.24. The van der Waals surface area contributed by atoms with Gasteiger partial charge in [0.05, 0.1) is 12.8 Å². The molecule has 0 radical (unpaired) electrons. The molecule has 0 atom stereocenters. The lowest BCUT2D eigenvalue weighted by atomic mass is 10.2. The first-order valence-electron chi connectivity index (χ1n) is 7.52. The fraction of sp³-hybridized carbons (Fsp3) is 0.500. The van der Waals surface area contributed by atoms with Crippen LogP contribution in [-0.2, 0) is 13.0 Å². The summed E-state index contributed by atoms with van der Waals surface area (Å²) in [6.45, 7) is 7.91. The van der Waals surface area contributed by atoms with Crippen molar-refractivity contribution in [1.82, 2.24) is 9.97 Å². The maximum Gasteiger partial charge on any atom is 0.137 e. The van der Waals surface area contributed by atoms with E-state index < -0.39 is 0 Å². The molecule has 0 saturated heterocycles. The number of hydrogen-bond donors (Lipinski definition) is 1. The largest absolute Gasteiger partial charge is 0.467 e. The maximum atomic E-state index is 5.46. The van der Waals surface area contributed by atoms with E-state index in [4.69, 9.17) is 9.40 Å². The molecule has 2 aromatic rings. The molecule has 0 unspecified atom stereocenters. The first kappa shape index (κ1) is 15.4. The standard InChI is InChI=1S/C16H24N4O/c1-5-8-14-18-15(17-4)12(3)16(19-14)20(6-2)11-13-9-7-10-21-13/h7,9-10H,5-6,8,11H2,1-4H3,(H,17,18,19). The Morgan fingerprint density at radius 3 is 2.67 bits per heavy atom. The second-order valence-corrected chi connectivity index (χ2v) is 5.03. The van der Waals surface area contributed by atoms with Crippen molar-refractivity contribution >= 4 is 11.6 Å². The Labute approximate surface area is 126 Å². The molecule has 114 valence electrons. The fourth-order valence-corrected chi connectivity index (χ4v) is 2.36. The Kier molecular flexibility index (Phi) is 5.20. The van der Waals surface area contributed by atoms with Gasteiger partial charge < -0.3 is 14.6 Å². The van der Waals surface area contributed by atoms with Crippen molar-refractivity contribution in [3.63, 3.8) is 0 Å². The summed E-state index contributed by atoms with van der Waals surface area (Å²) in [4.78, 5) is 11.6. The van der Waals surface area contributed by atoms with Crippen LogP contribution in [0.5, 0.6) is 0 Å². The van der Waals surface area contributed by atoms with Gasteiger partial charge in [-0.2, -0.15) is 0 Å². The van der Waals surface area contributed by atoms with Crippen molar-refractivity contribution in [2.24, 2.45) is 0 Å². The molecule has 21 heavy (non-hydrogen) atoms. The summed E-state index contributed by atoms with van der Waals surface area (Å²) in [7, 11) is 1.90. The van der Waals surface area contributed by atoms with Gasteiger partial charge in [-0.25, -0.2) is 9.97 Å². The number of nitrogens with zero attached hydrogens (tertiary/aromatic N) is 3. The van der Waals surface area contributed by atoms with Crippen LogP contribution < -0.4 is 10.2 Å². The first-order chi connectivity index (χ1) is 10.2. The molecule has 2 aromatic heterocycles. The molecule has 2 heterocycles. The molecule has 1 N–H and O–H groups in total. The molecule has 0 aliphatic heterocycles. The molecule has 0 spiro atoms. The van der Waals surface area contributed by atoms with Gasteiger partial charge in [0.2, 0.25) is 0 Å². The number of rotatable bonds is 7.